The molecule has 0 aliphatic rings. The largest absolute Gasteiger partial charge is 0.472 e. The normalized spacial score (nSPS) is 14.9. The Morgan fingerprint density at radius 1 is 1.39 bits per heavy atom. The third kappa shape index (κ3) is 6.79. The summed E-state index contributed by atoms with van der Waals surface area (Å²) in [4.78, 5) is 0. The summed E-state index contributed by atoms with van der Waals surface area (Å²) in [5.41, 5.74) is 1.08. The molecule has 18 heavy (non-hydrogen) atoms. The van der Waals surface area contributed by atoms with E-state index in [1.54, 1.807) is 12.5 Å². The van der Waals surface area contributed by atoms with Crippen molar-refractivity contribution in [1.29, 1.82) is 0 Å². The first kappa shape index (κ1) is 15.2. The minimum Gasteiger partial charge on any atom is -0.472 e. The number of aliphatic hydroxyl groups excluding tert-OH is 1. The van der Waals surface area contributed by atoms with E-state index >= 15 is 0 Å². The Bertz CT molecular complexity index is 298. The zero-order valence-corrected chi connectivity index (χ0v) is 11.6. The van der Waals surface area contributed by atoms with Gasteiger partial charge in [-0.15, -0.1) is 0 Å². The van der Waals surface area contributed by atoms with Crippen LogP contribution in [0.3, 0.4) is 0 Å². The molecule has 0 fully saturated rings. The Morgan fingerprint density at radius 3 is 2.78 bits per heavy atom. The number of ether oxygens (including phenoxy) is 1. The first-order valence-corrected chi connectivity index (χ1v) is 6.59. The molecule has 1 heterocycles. The van der Waals surface area contributed by atoms with E-state index < -0.39 is 6.10 Å². The first-order valence-electron chi connectivity index (χ1n) is 6.59. The quantitative estimate of drug-likeness (QED) is 0.710. The van der Waals surface area contributed by atoms with E-state index in [0.717, 1.165) is 12.0 Å². The van der Waals surface area contributed by atoms with E-state index in [9.17, 15) is 5.11 Å². The van der Waals surface area contributed by atoms with Crippen molar-refractivity contribution in [2.45, 2.75) is 45.9 Å². The number of hydrogen-bond donors (Lipinski definition) is 2. The fraction of sp³-hybridized carbons (Fsp3) is 0.714. The van der Waals surface area contributed by atoms with Crippen molar-refractivity contribution < 1.29 is 14.3 Å². The van der Waals surface area contributed by atoms with Gasteiger partial charge in [0.2, 0.25) is 0 Å². The van der Waals surface area contributed by atoms with Gasteiger partial charge in [0.25, 0.3) is 0 Å². The van der Waals surface area contributed by atoms with Gasteiger partial charge in [-0.05, 0) is 25.3 Å². The van der Waals surface area contributed by atoms with Gasteiger partial charge in [-0.2, -0.15) is 0 Å². The SMILES string of the molecule is CC(C)CC(C)OCC(O)CNCc1ccoc1. The van der Waals surface area contributed by atoms with Gasteiger partial charge in [0.15, 0.2) is 0 Å². The first-order chi connectivity index (χ1) is 8.58. The fourth-order valence-electron chi connectivity index (χ4n) is 1.84. The van der Waals surface area contributed by atoms with Crippen LogP contribution < -0.4 is 5.32 Å². The Morgan fingerprint density at radius 2 is 2.17 bits per heavy atom. The van der Waals surface area contributed by atoms with Crippen molar-refractivity contribution in [3.8, 4) is 0 Å². The third-order valence-corrected chi connectivity index (χ3v) is 2.67. The molecule has 0 spiro atoms. The van der Waals surface area contributed by atoms with Crippen LogP contribution in [0.2, 0.25) is 0 Å². The van der Waals surface area contributed by atoms with Crippen molar-refractivity contribution >= 4 is 0 Å². The Balaban J connectivity index is 2.04. The van der Waals surface area contributed by atoms with Crippen molar-refractivity contribution in [3.05, 3.63) is 24.2 Å². The second-order valence-electron chi connectivity index (χ2n) is 5.19. The average molecular weight is 255 g/mol. The molecular formula is C14H25NO3. The molecular weight excluding hydrogens is 230 g/mol. The summed E-state index contributed by atoms with van der Waals surface area (Å²) in [5.74, 6) is 0.622. The van der Waals surface area contributed by atoms with Gasteiger partial charge in [-0.25, -0.2) is 0 Å². The maximum atomic E-state index is 9.75. The van der Waals surface area contributed by atoms with E-state index in [0.29, 0.717) is 25.6 Å². The van der Waals surface area contributed by atoms with Gasteiger partial charge in [0.05, 0.1) is 31.3 Å². The molecule has 0 bridgehead atoms. The van der Waals surface area contributed by atoms with Gasteiger partial charge in [-0.3, -0.25) is 0 Å². The van der Waals surface area contributed by atoms with Gasteiger partial charge < -0.3 is 19.6 Å². The van der Waals surface area contributed by atoms with Gasteiger partial charge in [0.1, 0.15) is 0 Å². The van der Waals surface area contributed by atoms with Crippen molar-refractivity contribution in [1.82, 2.24) is 5.32 Å². The highest BCUT2D eigenvalue weighted by Gasteiger charge is 2.09. The lowest BCUT2D eigenvalue weighted by Crippen LogP contribution is -2.31. The molecule has 2 atom stereocenters. The molecule has 2 N–H and O–H groups in total. The molecule has 0 radical (unpaired) electrons. The third-order valence-electron chi connectivity index (χ3n) is 2.67. The summed E-state index contributed by atoms with van der Waals surface area (Å²) in [5, 5.41) is 12.9. The predicted octanol–water partition coefficient (Wildman–Crippen LogP) is 2.18. The summed E-state index contributed by atoms with van der Waals surface area (Å²) < 4.78 is 10.6. The van der Waals surface area contributed by atoms with E-state index in [4.69, 9.17) is 9.15 Å². The highest BCUT2D eigenvalue weighted by atomic mass is 16.5. The summed E-state index contributed by atoms with van der Waals surface area (Å²) >= 11 is 0. The molecule has 1 aromatic heterocycles. The van der Waals surface area contributed by atoms with E-state index in [2.05, 4.69) is 19.2 Å². The molecule has 0 aliphatic carbocycles. The Labute approximate surface area is 109 Å². The van der Waals surface area contributed by atoms with Crippen LogP contribution in [0.15, 0.2) is 23.0 Å². The predicted molar refractivity (Wildman–Crippen MR) is 71.3 cm³/mol. The van der Waals surface area contributed by atoms with Crippen LogP contribution in [0, 0.1) is 5.92 Å². The number of nitrogens with one attached hydrogen (secondary N) is 1. The molecule has 0 saturated carbocycles. The Hall–Kier alpha value is -0.840. The molecule has 1 aromatic rings. The zero-order valence-electron chi connectivity index (χ0n) is 11.6. The van der Waals surface area contributed by atoms with Gasteiger partial charge in [0, 0.05) is 18.7 Å². The maximum absolute atomic E-state index is 9.75. The number of rotatable bonds is 9. The number of hydrogen-bond acceptors (Lipinski definition) is 4. The zero-order chi connectivity index (χ0) is 13.4. The van der Waals surface area contributed by atoms with Crippen LogP contribution in [0.5, 0.6) is 0 Å². The van der Waals surface area contributed by atoms with Gasteiger partial charge in [-0.1, -0.05) is 13.8 Å². The number of aliphatic hydroxyl groups is 1. The van der Waals surface area contributed by atoms with Crippen LogP contribution in [0.25, 0.3) is 0 Å². The average Bonchev–Trinajstić information content (AvgIpc) is 2.78. The van der Waals surface area contributed by atoms with E-state index in [1.807, 2.05) is 13.0 Å². The van der Waals surface area contributed by atoms with Crippen molar-refractivity contribution in [2.75, 3.05) is 13.2 Å². The summed E-state index contributed by atoms with van der Waals surface area (Å²) in [7, 11) is 0. The van der Waals surface area contributed by atoms with Gasteiger partial charge >= 0.3 is 0 Å². The Kier molecular flexibility index (Phi) is 7.01. The highest BCUT2D eigenvalue weighted by Crippen LogP contribution is 2.07. The summed E-state index contributed by atoms with van der Waals surface area (Å²) in [6.07, 6.45) is 4.10. The van der Waals surface area contributed by atoms with Crippen LogP contribution in [0.1, 0.15) is 32.8 Å². The van der Waals surface area contributed by atoms with Crippen molar-refractivity contribution in [2.24, 2.45) is 5.92 Å². The molecule has 0 aromatic carbocycles. The molecule has 0 saturated heterocycles. The lowest BCUT2D eigenvalue weighted by molar-refractivity contribution is -0.00857. The monoisotopic (exact) mass is 255 g/mol. The molecule has 1 rings (SSSR count). The maximum Gasteiger partial charge on any atom is 0.0947 e. The molecule has 0 amide bonds. The van der Waals surface area contributed by atoms with E-state index in [1.165, 1.54) is 0 Å². The minimum atomic E-state index is -0.466. The molecule has 2 unspecified atom stereocenters. The smallest absolute Gasteiger partial charge is 0.0947 e. The number of furan rings is 1. The summed E-state index contributed by atoms with van der Waals surface area (Å²) in [6, 6.07) is 1.90. The van der Waals surface area contributed by atoms with Crippen molar-refractivity contribution in [3.63, 3.8) is 0 Å². The molecule has 4 nitrogen and oxygen atoms in total. The molecule has 4 heteroatoms. The van der Waals surface area contributed by atoms with Crippen LogP contribution >= 0.6 is 0 Å². The minimum absolute atomic E-state index is 0.202. The summed E-state index contributed by atoms with van der Waals surface area (Å²) in [6.45, 7) is 8.00. The molecule has 104 valence electrons. The second kappa shape index (κ2) is 8.29. The lowest BCUT2D eigenvalue weighted by Gasteiger charge is -2.18. The lowest BCUT2D eigenvalue weighted by atomic mass is 10.1. The van der Waals surface area contributed by atoms with Crippen LogP contribution in [-0.2, 0) is 11.3 Å². The van der Waals surface area contributed by atoms with Crippen LogP contribution in [-0.4, -0.2) is 30.5 Å². The second-order valence-corrected chi connectivity index (χ2v) is 5.19. The topological polar surface area (TPSA) is 54.6 Å². The standard InChI is InChI=1S/C14H25NO3/c1-11(2)6-12(3)18-10-14(16)8-15-7-13-4-5-17-9-13/h4-5,9,11-12,14-16H,6-8,10H2,1-3H3. The van der Waals surface area contributed by atoms with E-state index in [-0.39, 0.29) is 6.10 Å². The highest BCUT2D eigenvalue weighted by molar-refractivity contribution is 5.04. The molecule has 0 aliphatic heterocycles. The fourth-order valence-corrected chi connectivity index (χ4v) is 1.84. The van der Waals surface area contributed by atoms with Crippen LogP contribution in [0.4, 0.5) is 0 Å².